The van der Waals surface area contributed by atoms with E-state index in [4.69, 9.17) is 14.2 Å². The lowest BCUT2D eigenvalue weighted by Crippen LogP contribution is -2.36. The lowest BCUT2D eigenvalue weighted by molar-refractivity contribution is -0.380. The second-order valence-electron chi connectivity index (χ2n) is 7.85. The van der Waals surface area contributed by atoms with Crippen molar-refractivity contribution in [3.63, 3.8) is 0 Å². The van der Waals surface area contributed by atoms with Gasteiger partial charge in [-0.15, -0.1) is 0 Å². The Kier molecular flexibility index (Phi) is 8.54. The summed E-state index contributed by atoms with van der Waals surface area (Å²) in [6, 6.07) is 9.54. The van der Waals surface area contributed by atoms with Crippen LogP contribution in [-0.2, 0) is 23.9 Å². The number of hydrogen-bond acceptors (Lipinski definition) is 10. The molecule has 0 saturated heterocycles. The van der Waals surface area contributed by atoms with Crippen LogP contribution in [0.3, 0.4) is 0 Å². The minimum Gasteiger partial charge on any atom is -0.490 e. The van der Waals surface area contributed by atoms with Crippen LogP contribution in [0.15, 0.2) is 52.7 Å². The fraction of sp³-hybridized carbons (Fsp3) is 0.333. The predicted molar refractivity (Wildman–Crippen MR) is 132 cm³/mol. The number of allylic oxidation sites excluding steroid dienone is 1. The number of nitrogens with one attached hydrogen (secondary N) is 1. The van der Waals surface area contributed by atoms with E-state index in [0.29, 0.717) is 27.7 Å². The summed E-state index contributed by atoms with van der Waals surface area (Å²) in [4.78, 5) is 52.4. The van der Waals surface area contributed by atoms with E-state index in [2.05, 4.69) is 10.3 Å². The van der Waals surface area contributed by atoms with Crippen LogP contribution in [0.5, 0.6) is 5.75 Å². The van der Waals surface area contributed by atoms with Gasteiger partial charge in [0.1, 0.15) is 24.9 Å². The molecular formula is C24H25N3O8S. The van der Waals surface area contributed by atoms with Crippen molar-refractivity contribution >= 4 is 45.6 Å². The molecule has 3 rings (SSSR count). The molecule has 1 aliphatic rings. The Morgan fingerprint density at radius 3 is 2.39 bits per heavy atom. The summed E-state index contributed by atoms with van der Waals surface area (Å²) in [5.74, 6) is -2.76. The number of esters is 2. The minimum absolute atomic E-state index is 0.0510. The summed E-state index contributed by atoms with van der Waals surface area (Å²) in [7, 11) is 1.23. The number of thiophene rings is 1. The van der Waals surface area contributed by atoms with Gasteiger partial charge in [-0.05, 0) is 44.2 Å². The lowest BCUT2D eigenvalue weighted by atomic mass is 9.79. The number of carbonyl (C=O) groups is 3. The highest BCUT2D eigenvalue weighted by molar-refractivity contribution is 7.15. The molecule has 0 aliphatic carbocycles. The van der Waals surface area contributed by atoms with Crippen molar-refractivity contribution in [1.29, 1.82) is 0 Å². The number of hydrogen-bond donors (Lipinski definition) is 1. The normalized spacial score (nSPS) is 17.2. The highest BCUT2D eigenvalue weighted by atomic mass is 32.1. The zero-order chi connectivity index (χ0) is 26.4. The number of anilines is 1. The van der Waals surface area contributed by atoms with Gasteiger partial charge >= 0.3 is 16.9 Å². The smallest absolute Gasteiger partial charge is 0.336 e. The maximum absolute atomic E-state index is 13.1. The standard InChI is InChI=1S/C24H25N3O8S/c1-13-20(23(29)33-4)22(18-9-10-19(36-18)27(31)32)21(14(2)25-13)24(30)35-12-11-34-17-7-5-16(6-8-17)26-15(3)28/h5-10,20,22H,11-12H2,1-4H3,(H,26,28). The molecule has 2 atom stereocenters. The van der Waals surface area contributed by atoms with Crippen LogP contribution in [0.4, 0.5) is 10.7 Å². The van der Waals surface area contributed by atoms with Gasteiger partial charge in [0, 0.05) is 40.9 Å². The SMILES string of the molecule is COC(=O)C1C(C)=NC(C)=C(C(=O)OCCOc2ccc(NC(C)=O)cc2)C1c1ccc([N+](=O)[O-])s1. The van der Waals surface area contributed by atoms with Crippen LogP contribution in [0.2, 0.25) is 0 Å². The topological polar surface area (TPSA) is 146 Å². The van der Waals surface area contributed by atoms with Crippen LogP contribution < -0.4 is 10.1 Å². The molecule has 2 heterocycles. The molecule has 12 heteroatoms. The summed E-state index contributed by atoms with van der Waals surface area (Å²) in [5, 5.41) is 13.8. The Morgan fingerprint density at radius 2 is 1.81 bits per heavy atom. The van der Waals surface area contributed by atoms with E-state index in [1.807, 2.05) is 0 Å². The van der Waals surface area contributed by atoms with Gasteiger partial charge in [-0.1, -0.05) is 11.3 Å². The summed E-state index contributed by atoms with van der Waals surface area (Å²) in [6.07, 6.45) is 0. The first kappa shape index (κ1) is 26.5. The number of ether oxygens (including phenoxy) is 3. The summed E-state index contributed by atoms with van der Waals surface area (Å²) >= 11 is 0.880. The third kappa shape index (κ3) is 6.13. The Hall–Kier alpha value is -4.06. The average molecular weight is 516 g/mol. The molecule has 1 aromatic heterocycles. The first-order valence-electron chi connectivity index (χ1n) is 10.9. The number of amides is 1. The zero-order valence-electron chi connectivity index (χ0n) is 20.1. The number of rotatable bonds is 9. The van der Waals surface area contributed by atoms with E-state index in [0.717, 1.165) is 11.3 Å². The maximum Gasteiger partial charge on any atom is 0.336 e. The van der Waals surface area contributed by atoms with Gasteiger partial charge in [0.25, 0.3) is 0 Å². The Bertz CT molecular complexity index is 1230. The van der Waals surface area contributed by atoms with Gasteiger partial charge in [0.2, 0.25) is 5.91 Å². The Balaban J connectivity index is 1.75. The molecule has 0 bridgehead atoms. The molecule has 0 fully saturated rings. The second kappa shape index (κ2) is 11.6. The minimum atomic E-state index is -0.933. The van der Waals surface area contributed by atoms with Crippen molar-refractivity contribution in [2.24, 2.45) is 10.9 Å². The maximum atomic E-state index is 13.1. The highest BCUT2D eigenvalue weighted by Crippen LogP contribution is 2.43. The van der Waals surface area contributed by atoms with Gasteiger partial charge in [0.05, 0.1) is 17.6 Å². The monoisotopic (exact) mass is 515 g/mol. The van der Waals surface area contributed by atoms with Crippen molar-refractivity contribution in [1.82, 2.24) is 0 Å². The number of carbonyl (C=O) groups excluding carboxylic acids is 3. The van der Waals surface area contributed by atoms with Crippen LogP contribution in [0.1, 0.15) is 31.6 Å². The molecule has 1 N–H and O–H groups in total. The van der Waals surface area contributed by atoms with Gasteiger partial charge in [0.15, 0.2) is 0 Å². The molecule has 1 aliphatic heterocycles. The molecule has 1 amide bonds. The van der Waals surface area contributed by atoms with Gasteiger partial charge in [-0.3, -0.25) is 24.7 Å². The summed E-state index contributed by atoms with van der Waals surface area (Å²) in [6.45, 7) is 4.64. The van der Waals surface area contributed by atoms with Crippen molar-refractivity contribution in [3.05, 3.63) is 62.7 Å². The van der Waals surface area contributed by atoms with Crippen LogP contribution in [0.25, 0.3) is 0 Å². The zero-order valence-corrected chi connectivity index (χ0v) is 20.9. The van der Waals surface area contributed by atoms with E-state index < -0.39 is 28.7 Å². The molecule has 190 valence electrons. The lowest BCUT2D eigenvalue weighted by Gasteiger charge is -2.30. The largest absolute Gasteiger partial charge is 0.490 e. The fourth-order valence-electron chi connectivity index (χ4n) is 3.86. The van der Waals surface area contributed by atoms with Crippen molar-refractivity contribution in [2.45, 2.75) is 26.7 Å². The van der Waals surface area contributed by atoms with E-state index in [1.54, 1.807) is 38.1 Å². The summed E-state index contributed by atoms with van der Waals surface area (Å²) in [5.41, 5.74) is 1.54. The van der Waals surface area contributed by atoms with Gasteiger partial charge in [-0.2, -0.15) is 0 Å². The molecular weight excluding hydrogens is 490 g/mol. The third-order valence-electron chi connectivity index (χ3n) is 5.36. The first-order valence-corrected chi connectivity index (χ1v) is 11.7. The third-order valence-corrected chi connectivity index (χ3v) is 6.48. The Labute approximate surface area is 210 Å². The number of nitro groups is 1. The van der Waals surface area contributed by atoms with Gasteiger partial charge in [-0.25, -0.2) is 4.79 Å². The van der Waals surface area contributed by atoms with E-state index >= 15 is 0 Å². The fourth-order valence-corrected chi connectivity index (χ4v) is 4.83. The number of methoxy groups -OCH3 is 1. The van der Waals surface area contributed by atoms with Crippen molar-refractivity contribution < 1.29 is 33.5 Å². The van der Waals surface area contributed by atoms with Crippen molar-refractivity contribution in [3.8, 4) is 5.75 Å². The Morgan fingerprint density at radius 1 is 1.11 bits per heavy atom. The number of benzene rings is 1. The van der Waals surface area contributed by atoms with Crippen molar-refractivity contribution in [2.75, 3.05) is 25.6 Å². The molecule has 0 saturated carbocycles. The molecule has 36 heavy (non-hydrogen) atoms. The van der Waals surface area contributed by atoms with E-state index in [1.165, 1.54) is 26.2 Å². The first-order chi connectivity index (χ1) is 17.1. The molecule has 1 aromatic carbocycles. The second-order valence-corrected chi connectivity index (χ2v) is 8.95. The van der Waals surface area contributed by atoms with E-state index in [9.17, 15) is 24.5 Å². The molecule has 0 spiro atoms. The average Bonchev–Trinajstić information content (AvgIpc) is 3.32. The van der Waals surface area contributed by atoms with Crippen LogP contribution in [-0.4, -0.2) is 48.8 Å². The highest BCUT2D eigenvalue weighted by Gasteiger charge is 2.43. The molecule has 2 aromatic rings. The van der Waals surface area contributed by atoms with Crippen LogP contribution >= 0.6 is 11.3 Å². The van der Waals surface area contributed by atoms with Gasteiger partial charge < -0.3 is 19.5 Å². The molecule has 0 radical (unpaired) electrons. The predicted octanol–water partition coefficient (Wildman–Crippen LogP) is 3.86. The number of aliphatic imine (C=N–C) groups is 1. The molecule has 11 nitrogen and oxygen atoms in total. The van der Waals surface area contributed by atoms with Crippen LogP contribution in [0, 0.1) is 16.0 Å². The van der Waals surface area contributed by atoms with E-state index in [-0.39, 0.29) is 29.7 Å². The quantitative estimate of drug-likeness (QED) is 0.229. The molecule has 2 unspecified atom stereocenters. The number of nitrogens with zero attached hydrogens (tertiary/aromatic N) is 2. The summed E-state index contributed by atoms with van der Waals surface area (Å²) < 4.78 is 15.9.